The molecule has 0 aliphatic rings. The lowest BCUT2D eigenvalue weighted by molar-refractivity contribution is -0.153. The summed E-state index contributed by atoms with van der Waals surface area (Å²) in [5, 5.41) is 0. The van der Waals surface area contributed by atoms with Gasteiger partial charge in [0.25, 0.3) is 0 Å². The van der Waals surface area contributed by atoms with Gasteiger partial charge < -0.3 is 4.74 Å². The smallest absolute Gasteiger partial charge is 0.422 e. The molecule has 14 heavy (non-hydrogen) atoms. The van der Waals surface area contributed by atoms with E-state index in [1.54, 1.807) is 6.92 Å². The molecular weight excluding hydrogens is 200 g/mol. The van der Waals surface area contributed by atoms with Gasteiger partial charge in [0.15, 0.2) is 18.2 Å². The van der Waals surface area contributed by atoms with Crippen LogP contribution in [0.4, 0.5) is 17.6 Å². The largest absolute Gasteiger partial charge is 0.481 e. The van der Waals surface area contributed by atoms with Crippen LogP contribution < -0.4 is 4.74 Å². The van der Waals surface area contributed by atoms with E-state index in [0.717, 1.165) is 6.07 Å². The zero-order valence-electron chi connectivity index (χ0n) is 7.36. The first-order valence-corrected chi connectivity index (χ1v) is 3.84. The van der Waals surface area contributed by atoms with E-state index in [1.807, 2.05) is 0 Å². The third-order valence-corrected chi connectivity index (χ3v) is 1.48. The maximum absolute atomic E-state index is 12.9. The van der Waals surface area contributed by atoms with Crippen molar-refractivity contribution in [1.82, 2.24) is 0 Å². The molecule has 1 aromatic carbocycles. The molecule has 0 unspecified atom stereocenters. The molecule has 0 spiro atoms. The van der Waals surface area contributed by atoms with Gasteiger partial charge in [-0.05, 0) is 24.6 Å². The van der Waals surface area contributed by atoms with Gasteiger partial charge in [-0.1, -0.05) is 6.07 Å². The predicted molar refractivity (Wildman–Crippen MR) is 42.7 cm³/mol. The molecule has 5 heteroatoms. The van der Waals surface area contributed by atoms with E-state index in [2.05, 4.69) is 4.74 Å². The molecule has 1 aromatic rings. The van der Waals surface area contributed by atoms with E-state index >= 15 is 0 Å². The molecule has 0 heterocycles. The van der Waals surface area contributed by atoms with Gasteiger partial charge >= 0.3 is 6.18 Å². The second-order valence-corrected chi connectivity index (χ2v) is 2.84. The van der Waals surface area contributed by atoms with E-state index in [-0.39, 0.29) is 5.75 Å². The number of aryl methyl sites for hydroxylation is 1. The minimum Gasteiger partial charge on any atom is -0.481 e. The number of halogens is 4. The normalized spacial score (nSPS) is 11.5. The van der Waals surface area contributed by atoms with Crippen LogP contribution in [0.2, 0.25) is 0 Å². The summed E-state index contributed by atoms with van der Waals surface area (Å²) in [6, 6.07) is 3.75. The average Bonchev–Trinajstić information content (AvgIpc) is 2.05. The number of rotatable bonds is 2. The molecule has 0 atom stereocenters. The number of ether oxygens (including phenoxy) is 1. The number of benzene rings is 1. The van der Waals surface area contributed by atoms with Gasteiger partial charge in [0.1, 0.15) is 0 Å². The van der Waals surface area contributed by atoms with Crippen molar-refractivity contribution in [3.05, 3.63) is 29.6 Å². The molecule has 0 saturated carbocycles. The molecule has 0 radical (unpaired) electrons. The Hall–Kier alpha value is -1.26. The summed E-state index contributed by atoms with van der Waals surface area (Å²) in [6.07, 6.45) is -4.45. The molecule has 0 bridgehead atoms. The van der Waals surface area contributed by atoms with E-state index in [9.17, 15) is 17.6 Å². The third kappa shape index (κ3) is 3.24. The highest BCUT2D eigenvalue weighted by molar-refractivity contribution is 5.29. The van der Waals surface area contributed by atoms with Crippen molar-refractivity contribution in [2.24, 2.45) is 0 Å². The van der Waals surface area contributed by atoms with Crippen LogP contribution >= 0.6 is 0 Å². The molecule has 0 amide bonds. The van der Waals surface area contributed by atoms with Crippen molar-refractivity contribution in [2.45, 2.75) is 13.1 Å². The SMILES string of the molecule is Cc1ccc(F)c(OCC(F)(F)F)c1. The van der Waals surface area contributed by atoms with Gasteiger partial charge in [0.2, 0.25) is 0 Å². The lowest BCUT2D eigenvalue weighted by Gasteiger charge is -2.09. The molecule has 78 valence electrons. The highest BCUT2D eigenvalue weighted by Crippen LogP contribution is 2.22. The van der Waals surface area contributed by atoms with Crippen LogP contribution in [0.15, 0.2) is 18.2 Å². The number of hydrogen-bond donors (Lipinski definition) is 0. The zero-order valence-corrected chi connectivity index (χ0v) is 7.36. The standard InChI is InChI=1S/C9H8F4O/c1-6-2-3-7(10)8(4-6)14-5-9(11,12)13/h2-4H,5H2,1H3. The van der Waals surface area contributed by atoms with Crippen molar-refractivity contribution in [1.29, 1.82) is 0 Å². The van der Waals surface area contributed by atoms with E-state index < -0.39 is 18.6 Å². The molecule has 0 N–H and O–H groups in total. The summed E-state index contributed by atoms with van der Waals surface area (Å²) in [5.74, 6) is -1.16. The van der Waals surface area contributed by atoms with Gasteiger partial charge in [-0.25, -0.2) is 4.39 Å². The number of alkyl halides is 3. The first kappa shape index (κ1) is 10.8. The monoisotopic (exact) mass is 208 g/mol. The number of hydrogen-bond acceptors (Lipinski definition) is 1. The van der Waals surface area contributed by atoms with Crippen LogP contribution in [-0.2, 0) is 0 Å². The molecule has 0 saturated heterocycles. The quantitative estimate of drug-likeness (QED) is 0.678. The molecule has 1 rings (SSSR count). The van der Waals surface area contributed by atoms with E-state index in [4.69, 9.17) is 0 Å². The van der Waals surface area contributed by atoms with E-state index in [0.29, 0.717) is 5.56 Å². The molecule has 1 nitrogen and oxygen atoms in total. The van der Waals surface area contributed by atoms with Gasteiger partial charge in [-0.3, -0.25) is 0 Å². The van der Waals surface area contributed by atoms with Gasteiger partial charge in [-0.15, -0.1) is 0 Å². The molecule has 0 aliphatic heterocycles. The highest BCUT2D eigenvalue weighted by atomic mass is 19.4. The van der Waals surface area contributed by atoms with Crippen LogP contribution in [-0.4, -0.2) is 12.8 Å². The van der Waals surface area contributed by atoms with Crippen molar-refractivity contribution in [3.63, 3.8) is 0 Å². The molecule has 0 aromatic heterocycles. The van der Waals surface area contributed by atoms with Crippen LogP contribution in [0.5, 0.6) is 5.75 Å². The van der Waals surface area contributed by atoms with Crippen molar-refractivity contribution in [2.75, 3.05) is 6.61 Å². The second-order valence-electron chi connectivity index (χ2n) is 2.84. The van der Waals surface area contributed by atoms with Gasteiger partial charge in [-0.2, -0.15) is 13.2 Å². The molecule has 0 aliphatic carbocycles. The molecule has 0 fully saturated rings. The fourth-order valence-corrected chi connectivity index (χ4v) is 0.881. The summed E-state index contributed by atoms with van der Waals surface area (Å²) in [4.78, 5) is 0. The fourth-order valence-electron chi connectivity index (χ4n) is 0.881. The van der Waals surface area contributed by atoms with E-state index in [1.165, 1.54) is 12.1 Å². The minimum atomic E-state index is -4.45. The van der Waals surface area contributed by atoms with Gasteiger partial charge in [0.05, 0.1) is 0 Å². The Morgan fingerprint density at radius 3 is 2.50 bits per heavy atom. The Bertz CT molecular complexity index is 319. The Kier molecular flexibility index (Phi) is 2.98. The Morgan fingerprint density at radius 1 is 1.29 bits per heavy atom. The van der Waals surface area contributed by atoms with Crippen LogP contribution in [0.25, 0.3) is 0 Å². The van der Waals surface area contributed by atoms with Crippen molar-refractivity contribution < 1.29 is 22.3 Å². The Balaban J connectivity index is 2.72. The van der Waals surface area contributed by atoms with Crippen molar-refractivity contribution >= 4 is 0 Å². The van der Waals surface area contributed by atoms with Gasteiger partial charge in [0, 0.05) is 0 Å². The highest BCUT2D eigenvalue weighted by Gasteiger charge is 2.28. The Morgan fingerprint density at radius 2 is 1.93 bits per heavy atom. The maximum atomic E-state index is 12.9. The van der Waals surface area contributed by atoms with Crippen molar-refractivity contribution in [3.8, 4) is 5.75 Å². The first-order valence-electron chi connectivity index (χ1n) is 3.84. The maximum Gasteiger partial charge on any atom is 0.422 e. The minimum absolute atomic E-state index is 0.373. The predicted octanol–water partition coefficient (Wildman–Crippen LogP) is 3.08. The van der Waals surface area contributed by atoms with Crippen LogP contribution in [0.3, 0.4) is 0 Å². The average molecular weight is 208 g/mol. The summed E-state index contributed by atoms with van der Waals surface area (Å²) in [5.41, 5.74) is 0.642. The first-order chi connectivity index (χ1) is 6.38. The summed E-state index contributed by atoms with van der Waals surface area (Å²) >= 11 is 0. The topological polar surface area (TPSA) is 9.23 Å². The Labute approximate surface area is 78.3 Å². The third-order valence-electron chi connectivity index (χ3n) is 1.48. The second kappa shape index (κ2) is 3.86. The summed E-state index contributed by atoms with van der Waals surface area (Å²) < 4.78 is 52.3. The van der Waals surface area contributed by atoms with Crippen LogP contribution in [0, 0.1) is 12.7 Å². The zero-order chi connectivity index (χ0) is 10.8. The molecular formula is C9H8F4O. The summed E-state index contributed by atoms with van der Waals surface area (Å²) in [7, 11) is 0. The lowest BCUT2D eigenvalue weighted by atomic mass is 10.2. The summed E-state index contributed by atoms with van der Waals surface area (Å²) in [6.45, 7) is 0.160. The fraction of sp³-hybridized carbons (Fsp3) is 0.333. The lowest BCUT2D eigenvalue weighted by Crippen LogP contribution is -2.19. The van der Waals surface area contributed by atoms with Crippen LogP contribution in [0.1, 0.15) is 5.56 Å².